The van der Waals surface area contributed by atoms with Crippen molar-refractivity contribution in [2.24, 2.45) is 11.7 Å². The Balaban J connectivity index is 2.80. The Labute approximate surface area is 114 Å². The minimum atomic E-state index is 0.376. The standard InChI is InChI=1S/C13H21N3OS/c1-10(2)9-16(6-7-17-3)12-5-4-11(8-15-12)13(14)18/h4-5,8,10H,6-7,9H2,1-3H3,(H2,14,18). The Morgan fingerprint density at radius 2 is 2.22 bits per heavy atom. The van der Waals surface area contributed by atoms with Crippen molar-refractivity contribution >= 4 is 23.0 Å². The van der Waals surface area contributed by atoms with Crippen molar-refractivity contribution in [1.82, 2.24) is 4.98 Å². The van der Waals surface area contributed by atoms with E-state index in [0.717, 1.165) is 24.5 Å². The molecule has 0 atom stereocenters. The van der Waals surface area contributed by atoms with E-state index in [1.54, 1.807) is 13.3 Å². The molecule has 0 amide bonds. The maximum absolute atomic E-state index is 5.56. The van der Waals surface area contributed by atoms with Crippen LogP contribution in [0.25, 0.3) is 0 Å². The molecule has 0 radical (unpaired) electrons. The van der Waals surface area contributed by atoms with E-state index in [1.807, 2.05) is 12.1 Å². The first-order chi connectivity index (χ1) is 8.54. The van der Waals surface area contributed by atoms with Gasteiger partial charge in [0, 0.05) is 32.0 Å². The van der Waals surface area contributed by atoms with Crippen molar-refractivity contribution in [3.05, 3.63) is 23.9 Å². The van der Waals surface area contributed by atoms with E-state index >= 15 is 0 Å². The summed E-state index contributed by atoms with van der Waals surface area (Å²) in [5, 5.41) is 0. The van der Waals surface area contributed by atoms with Crippen molar-refractivity contribution in [3.63, 3.8) is 0 Å². The van der Waals surface area contributed by atoms with Crippen molar-refractivity contribution in [1.29, 1.82) is 0 Å². The fourth-order valence-electron chi connectivity index (χ4n) is 1.66. The quantitative estimate of drug-likeness (QED) is 0.764. The van der Waals surface area contributed by atoms with Gasteiger partial charge >= 0.3 is 0 Å². The van der Waals surface area contributed by atoms with Crippen LogP contribution in [0.5, 0.6) is 0 Å². The monoisotopic (exact) mass is 267 g/mol. The Hall–Kier alpha value is -1.20. The second-order valence-corrected chi connectivity index (χ2v) is 5.04. The molecule has 0 aliphatic heterocycles. The van der Waals surface area contributed by atoms with E-state index in [9.17, 15) is 0 Å². The molecule has 100 valence electrons. The summed E-state index contributed by atoms with van der Waals surface area (Å²) in [6.45, 7) is 6.83. The van der Waals surface area contributed by atoms with Crippen LogP contribution >= 0.6 is 12.2 Å². The third-order valence-corrected chi connectivity index (χ3v) is 2.74. The average Bonchev–Trinajstić information content (AvgIpc) is 2.34. The van der Waals surface area contributed by atoms with Gasteiger partial charge in [-0.05, 0) is 18.1 Å². The van der Waals surface area contributed by atoms with Crippen LogP contribution in [0.1, 0.15) is 19.4 Å². The summed E-state index contributed by atoms with van der Waals surface area (Å²) in [6.07, 6.45) is 1.72. The van der Waals surface area contributed by atoms with Gasteiger partial charge in [0.25, 0.3) is 0 Å². The summed E-state index contributed by atoms with van der Waals surface area (Å²) in [4.78, 5) is 6.99. The molecule has 1 aromatic rings. The molecule has 1 heterocycles. The largest absolute Gasteiger partial charge is 0.389 e. The van der Waals surface area contributed by atoms with Crippen molar-refractivity contribution in [2.45, 2.75) is 13.8 Å². The molecule has 4 nitrogen and oxygen atoms in total. The summed E-state index contributed by atoms with van der Waals surface area (Å²) in [5.41, 5.74) is 6.35. The maximum atomic E-state index is 5.56. The van der Waals surface area contributed by atoms with Gasteiger partial charge in [0.15, 0.2) is 0 Å². The molecular weight excluding hydrogens is 246 g/mol. The van der Waals surface area contributed by atoms with Crippen molar-refractivity contribution in [2.75, 3.05) is 31.7 Å². The lowest BCUT2D eigenvalue weighted by atomic mass is 10.2. The highest BCUT2D eigenvalue weighted by Gasteiger charge is 2.10. The van der Waals surface area contributed by atoms with Crippen LogP contribution in [0.3, 0.4) is 0 Å². The summed E-state index contributed by atoms with van der Waals surface area (Å²) in [6, 6.07) is 3.86. The normalized spacial score (nSPS) is 10.7. The van der Waals surface area contributed by atoms with Gasteiger partial charge in [-0.15, -0.1) is 0 Å². The van der Waals surface area contributed by atoms with Gasteiger partial charge in [-0.25, -0.2) is 4.98 Å². The number of nitrogens with zero attached hydrogens (tertiary/aromatic N) is 2. The Bertz CT molecular complexity index is 378. The number of nitrogens with two attached hydrogens (primary N) is 1. The maximum Gasteiger partial charge on any atom is 0.128 e. The number of hydrogen-bond donors (Lipinski definition) is 1. The molecule has 0 unspecified atom stereocenters. The molecule has 0 bridgehead atoms. The van der Waals surface area contributed by atoms with Crippen LogP contribution in [0.4, 0.5) is 5.82 Å². The zero-order chi connectivity index (χ0) is 13.5. The molecule has 0 spiro atoms. The van der Waals surface area contributed by atoms with Crippen molar-refractivity contribution < 1.29 is 4.74 Å². The van der Waals surface area contributed by atoms with Crippen molar-refractivity contribution in [3.8, 4) is 0 Å². The number of rotatable bonds is 7. The van der Waals surface area contributed by atoms with Gasteiger partial charge in [0.05, 0.1) is 6.61 Å². The number of aromatic nitrogens is 1. The first-order valence-electron chi connectivity index (χ1n) is 6.04. The Morgan fingerprint density at radius 1 is 1.50 bits per heavy atom. The number of methoxy groups -OCH3 is 1. The van der Waals surface area contributed by atoms with E-state index in [-0.39, 0.29) is 0 Å². The molecule has 1 rings (SSSR count). The van der Waals surface area contributed by atoms with E-state index in [2.05, 4.69) is 23.7 Å². The minimum absolute atomic E-state index is 0.376. The van der Waals surface area contributed by atoms with Gasteiger partial charge in [-0.1, -0.05) is 26.1 Å². The number of thiocarbonyl (C=S) groups is 1. The fourth-order valence-corrected chi connectivity index (χ4v) is 1.78. The third-order valence-electron chi connectivity index (χ3n) is 2.51. The van der Waals surface area contributed by atoms with E-state index in [0.29, 0.717) is 17.5 Å². The summed E-state index contributed by atoms with van der Waals surface area (Å²) in [7, 11) is 1.71. The first kappa shape index (κ1) is 14.9. The summed E-state index contributed by atoms with van der Waals surface area (Å²) < 4.78 is 5.13. The molecule has 0 saturated heterocycles. The van der Waals surface area contributed by atoms with Gasteiger partial charge in [0.1, 0.15) is 10.8 Å². The van der Waals surface area contributed by atoms with Crippen LogP contribution < -0.4 is 10.6 Å². The molecule has 0 aliphatic rings. The average molecular weight is 267 g/mol. The highest BCUT2D eigenvalue weighted by Crippen LogP contribution is 2.13. The fraction of sp³-hybridized carbons (Fsp3) is 0.538. The van der Waals surface area contributed by atoms with Crippen LogP contribution in [0, 0.1) is 5.92 Å². The SMILES string of the molecule is COCCN(CC(C)C)c1ccc(C(N)=S)cn1. The van der Waals surface area contributed by atoms with E-state index in [4.69, 9.17) is 22.7 Å². The van der Waals surface area contributed by atoms with Gasteiger partial charge < -0.3 is 15.4 Å². The minimum Gasteiger partial charge on any atom is -0.389 e. The second-order valence-electron chi connectivity index (χ2n) is 4.60. The van der Waals surface area contributed by atoms with Gasteiger partial charge in [-0.3, -0.25) is 0 Å². The number of hydrogen-bond acceptors (Lipinski definition) is 4. The smallest absolute Gasteiger partial charge is 0.128 e. The lowest BCUT2D eigenvalue weighted by molar-refractivity contribution is 0.204. The van der Waals surface area contributed by atoms with Crippen LogP contribution in [-0.4, -0.2) is 36.8 Å². The number of ether oxygens (including phenoxy) is 1. The van der Waals surface area contributed by atoms with Gasteiger partial charge in [0.2, 0.25) is 0 Å². The molecule has 0 fully saturated rings. The molecule has 5 heteroatoms. The van der Waals surface area contributed by atoms with E-state index in [1.165, 1.54) is 0 Å². The lowest BCUT2D eigenvalue weighted by Crippen LogP contribution is -2.31. The molecule has 2 N–H and O–H groups in total. The highest BCUT2D eigenvalue weighted by molar-refractivity contribution is 7.80. The topological polar surface area (TPSA) is 51.4 Å². The number of pyridine rings is 1. The zero-order valence-electron chi connectivity index (χ0n) is 11.2. The van der Waals surface area contributed by atoms with Gasteiger partial charge in [-0.2, -0.15) is 0 Å². The van der Waals surface area contributed by atoms with Crippen LogP contribution in [-0.2, 0) is 4.74 Å². The molecule has 0 saturated carbocycles. The zero-order valence-corrected chi connectivity index (χ0v) is 12.0. The molecule has 18 heavy (non-hydrogen) atoms. The molecule has 0 aliphatic carbocycles. The molecule has 1 aromatic heterocycles. The van der Waals surface area contributed by atoms with E-state index < -0.39 is 0 Å². The van der Waals surface area contributed by atoms with Crippen LogP contribution in [0.2, 0.25) is 0 Å². The second kappa shape index (κ2) is 7.28. The predicted molar refractivity (Wildman–Crippen MR) is 79.1 cm³/mol. The predicted octanol–water partition coefficient (Wildman–Crippen LogP) is 1.82. The summed E-state index contributed by atoms with van der Waals surface area (Å²) >= 11 is 4.92. The lowest BCUT2D eigenvalue weighted by Gasteiger charge is -2.25. The number of anilines is 1. The molecule has 0 aromatic carbocycles. The Kier molecular flexibility index (Phi) is 6.01. The first-order valence-corrected chi connectivity index (χ1v) is 6.45. The highest BCUT2D eigenvalue weighted by atomic mass is 32.1. The van der Waals surface area contributed by atoms with Crippen LogP contribution in [0.15, 0.2) is 18.3 Å². The Morgan fingerprint density at radius 3 is 2.67 bits per heavy atom. The summed E-state index contributed by atoms with van der Waals surface area (Å²) in [5.74, 6) is 1.50. The molecular formula is C13H21N3OS. The third kappa shape index (κ3) is 4.58.